The molecule has 0 aliphatic carbocycles. The van der Waals surface area contributed by atoms with E-state index in [-0.39, 0.29) is 31.1 Å². The first-order chi connectivity index (χ1) is 39.5. The first-order valence-corrected chi connectivity index (χ1v) is 34.9. The molecule has 0 rings (SSSR count). The van der Waals surface area contributed by atoms with E-state index in [2.05, 4.69) is 93.7 Å². The summed E-state index contributed by atoms with van der Waals surface area (Å²) in [7, 11) is 0. The van der Waals surface area contributed by atoms with E-state index in [1.54, 1.807) is 0 Å². The Hall–Kier alpha value is -3.15. The standard InChI is InChI=1S/C74H132O6/c1-4-7-10-13-16-19-22-25-28-30-32-33-34-35-36-37-38-39-40-41-42-44-46-49-52-55-58-61-64-67-73(76)79-70-71(69-78-72(75)66-63-60-57-54-51-48-45-27-24-21-18-15-12-9-6-3)80-74(77)68-65-62-59-56-53-50-47-43-31-29-26-23-20-17-14-11-8-5-2/h9,12,18,21,27,29-32,45,51,54,71H,4-8,10-11,13-17,19-20,22-26,28,33-44,46-50,52-53,55-70H2,1-3H3/b12-9-,21-18-,31-29-,32-30-,45-27-,54-51-. The summed E-state index contributed by atoms with van der Waals surface area (Å²) in [4.78, 5) is 38.4. The van der Waals surface area contributed by atoms with Crippen LogP contribution in [-0.4, -0.2) is 37.2 Å². The van der Waals surface area contributed by atoms with E-state index in [1.165, 1.54) is 238 Å². The average Bonchev–Trinajstić information content (AvgIpc) is 3.46. The van der Waals surface area contributed by atoms with Crippen molar-refractivity contribution in [2.45, 2.75) is 367 Å². The predicted molar refractivity (Wildman–Crippen MR) is 348 cm³/mol. The molecule has 0 N–H and O–H groups in total. The summed E-state index contributed by atoms with van der Waals surface area (Å²) in [5.41, 5.74) is 0. The van der Waals surface area contributed by atoms with Gasteiger partial charge in [-0.15, -0.1) is 0 Å². The molecule has 6 nitrogen and oxygen atoms in total. The van der Waals surface area contributed by atoms with E-state index in [0.717, 1.165) is 83.5 Å². The van der Waals surface area contributed by atoms with Gasteiger partial charge in [0.1, 0.15) is 13.2 Å². The van der Waals surface area contributed by atoms with Crippen molar-refractivity contribution in [3.8, 4) is 0 Å². The van der Waals surface area contributed by atoms with Crippen molar-refractivity contribution >= 4 is 17.9 Å². The lowest BCUT2D eigenvalue weighted by Crippen LogP contribution is -2.30. The van der Waals surface area contributed by atoms with Crippen LogP contribution in [0.1, 0.15) is 361 Å². The molecule has 0 aromatic carbocycles. The van der Waals surface area contributed by atoms with Crippen LogP contribution in [0.4, 0.5) is 0 Å². The topological polar surface area (TPSA) is 78.9 Å². The number of esters is 3. The first-order valence-electron chi connectivity index (χ1n) is 34.9. The van der Waals surface area contributed by atoms with Crippen LogP contribution in [0.5, 0.6) is 0 Å². The Morgan fingerprint density at radius 1 is 0.263 bits per heavy atom. The number of ether oxygens (including phenoxy) is 3. The second-order valence-electron chi connectivity index (χ2n) is 23.4. The molecule has 1 atom stereocenters. The summed E-state index contributed by atoms with van der Waals surface area (Å²) in [5, 5.41) is 0. The molecule has 0 bridgehead atoms. The zero-order valence-electron chi connectivity index (χ0n) is 53.3. The van der Waals surface area contributed by atoms with Crippen molar-refractivity contribution in [2.75, 3.05) is 13.2 Å². The molecule has 0 aliphatic rings. The Balaban J connectivity index is 4.26. The Labute approximate surface area is 497 Å². The van der Waals surface area contributed by atoms with Gasteiger partial charge in [-0.1, -0.05) is 306 Å². The summed E-state index contributed by atoms with van der Waals surface area (Å²) in [6.45, 7) is 6.53. The number of carbonyl (C=O) groups is 3. The van der Waals surface area contributed by atoms with Crippen LogP contribution in [-0.2, 0) is 28.6 Å². The minimum absolute atomic E-state index is 0.0876. The van der Waals surface area contributed by atoms with Gasteiger partial charge in [0, 0.05) is 19.3 Å². The van der Waals surface area contributed by atoms with E-state index >= 15 is 0 Å². The van der Waals surface area contributed by atoms with Gasteiger partial charge in [0.15, 0.2) is 6.10 Å². The van der Waals surface area contributed by atoms with Crippen molar-refractivity contribution in [2.24, 2.45) is 0 Å². The third-order valence-electron chi connectivity index (χ3n) is 15.4. The minimum atomic E-state index is -0.795. The normalized spacial score (nSPS) is 12.5. The molecular formula is C74H132O6. The monoisotopic (exact) mass is 1120 g/mol. The molecule has 0 aliphatic heterocycles. The largest absolute Gasteiger partial charge is 0.462 e. The van der Waals surface area contributed by atoms with Crippen molar-refractivity contribution < 1.29 is 28.6 Å². The molecular weight excluding hydrogens is 985 g/mol. The molecule has 0 fully saturated rings. The highest BCUT2D eigenvalue weighted by atomic mass is 16.6. The van der Waals surface area contributed by atoms with Crippen LogP contribution in [0.2, 0.25) is 0 Å². The molecule has 0 saturated carbocycles. The molecule has 6 heteroatoms. The average molecular weight is 1120 g/mol. The van der Waals surface area contributed by atoms with Gasteiger partial charge in [0.2, 0.25) is 0 Å². The summed E-state index contributed by atoms with van der Waals surface area (Å²) in [5.74, 6) is -0.917. The number of unbranched alkanes of at least 4 members (excludes halogenated alkanes) is 41. The number of carbonyl (C=O) groups excluding carboxylic acids is 3. The molecule has 0 heterocycles. The maximum atomic E-state index is 12.9. The van der Waals surface area contributed by atoms with Crippen molar-refractivity contribution in [1.82, 2.24) is 0 Å². The van der Waals surface area contributed by atoms with Crippen LogP contribution >= 0.6 is 0 Å². The predicted octanol–water partition coefficient (Wildman–Crippen LogP) is 24.1. The first kappa shape index (κ1) is 76.9. The Morgan fingerprint density at radius 3 is 0.800 bits per heavy atom. The number of rotatable bonds is 64. The zero-order chi connectivity index (χ0) is 57.8. The van der Waals surface area contributed by atoms with Crippen molar-refractivity contribution in [1.29, 1.82) is 0 Å². The Morgan fingerprint density at radius 2 is 0.487 bits per heavy atom. The van der Waals surface area contributed by atoms with Gasteiger partial charge < -0.3 is 14.2 Å². The van der Waals surface area contributed by atoms with Gasteiger partial charge in [-0.25, -0.2) is 0 Å². The lowest BCUT2D eigenvalue weighted by molar-refractivity contribution is -0.167. The fourth-order valence-electron chi connectivity index (χ4n) is 10.2. The van der Waals surface area contributed by atoms with Crippen LogP contribution in [0.15, 0.2) is 72.9 Å². The Bertz CT molecular complexity index is 1470. The van der Waals surface area contributed by atoms with Crippen LogP contribution < -0.4 is 0 Å². The summed E-state index contributed by atoms with van der Waals surface area (Å²) >= 11 is 0. The van der Waals surface area contributed by atoms with Crippen molar-refractivity contribution in [3.63, 3.8) is 0 Å². The molecule has 0 radical (unpaired) electrons. The van der Waals surface area contributed by atoms with Gasteiger partial charge in [0.05, 0.1) is 0 Å². The van der Waals surface area contributed by atoms with E-state index in [1.807, 2.05) is 0 Å². The number of hydrogen-bond acceptors (Lipinski definition) is 6. The third kappa shape index (κ3) is 65.7. The van der Waals surface area contributed by atoms with Crippen LogP contribution in [0, 0.1) is 0 Å². The zero-order valence-corrected chi connectivity index (χ0v) is 53.3. The van der Waals surface area contributed by atoms with E-state index in [9.17, 15) is 14.4 Å². The number of allylic oxidation sites excluding steroid dienone is 12. The molecule has 0 aromatic heterocycles. The third-order valence-corrected chi connectivity index (χ3v) is 15.4. The summed E-state index contributed by atoms with van der Waals surface area (Å²) in [6, 6.07) is 0. The molecule has 0 aromatic rings. The molecule has 0 spiro atoms. The fraction of sp³-hybridized carbons (Fsp3) is 0.797. The Kier molecular flexibility index (Phi) is 65.7. The van der Waals surface area contributed by atoms with Crippen molar-refractivity contribution in [3.05, 3.63) is 72.9 Å². The minimum Gasteiger partial charge on any atom is -0.462 e. The molecule has 464 valence electrons. The van der Waals surface area contributed by atoms with Gasteiger partial charge >= 0.3 is 17.9 Å². The van der Waals surface area contributed by atoms with E-state index in [0.29, 0.717) is 19.3 Å². The fourth-order valence-corrected chi connectivity index (χ4v) is 10.2. The molecule has 1 unspecified atom stereocenters. The lowest BCUT2D eigenvalue weighted by Gasteiger charge is -2.18. The second kappa shape index (κ2) is 68.3. The SMILES string of the molecule is CC/C=C\C/C=C\C/C=C\C/C=C\CCCCC(=O)OCC(COC(=O)CCCCCCCCCCCCCCCCCCC/C=C\CCCCCCCCCC)OC(=O)CCCCCCCCC/C=C\CCCCCCCCC. The van der Waals surface area contributed by atoms with Gasteiger partial charge in [-0.2, -0.15) is 0 Å². The molecule has 0 saturated heterocycles. The highest BCUT2D eigenvalue weighted by molar-refractivity contribution is 5.71. The molecule has 0 amide bonds. The molecule has 80 heavy (non-hydrogen) atoms. The van der Waals surface area contributed by atoms with Gasteiger partial charge in [-0.3, -0.25) is 14.4 Å². The highest BCUT2D eigenvalue weighted by Gasteiger charge is 2.19. The van der Waals surface area contributed by atoms with E-state index < -0.39 is 6.10 Å². The highest BCUT2D eigenvalue weighted by Crippen LogP contribution is 2.17. The second-order valence-corrected chi connectivity index (χ2v) is 23.4. The van der Waals surface area contributed by atoms with Crippen LogP contribution in [0.3, 0.4) is 0 Å². The van der Waals surface area contributed by atoms with E-state index in [4.69, 9.17) is 14.2 Å². The van der Waals surface area contributed by atoms with Crippen LogP contribution in [0.25, 0.3) is 0 Å². The summed E-state index contributed by atoms with van der Waals surface area (Å²) in [6.07, 6.45) is 89.4. The summed E-state index contributed by atoms with van der Waals surface area (Å²) < 4.78 is 16.9. The maximum Gasteiger partial charge on any atom is 0.306 e. The van der Waals surface area contributed by atoms with Gasteiger partial charge in [0.25, 0.3) is 0 Å². The maximum absolute atomic E-state index is 12.9. The quantitative estimate of drug-likeness (QED) is 0.0261. The van der Waals surface area contributed by atoms with Gasteiger partial charge in [-0.05, 0) is 109 Å². The smallest absolute Gasteiger partial charge is 0.306 e. The number of hydrogen-bond donors (Lipinski definition) is 0. The lowest BCUT2D eigenvalue weighted by atomic mass is 10.0.